The first-order chi connectivity index (χ1) is 10.5. The van der Waals surface area contributed by atoms with E-state index in [0.29, 0.717) is 23.2 Å². The first-order valence-electron chi connectivity index (χ1n) is 8.15. The molecule has 0 saturated heterocycles. The number of anilines is 1. The van der Waals surface area contributed by atoms with Crippen molar-refractivity contribution in [3.63, 3.8) is 0 Å². The predicted molar refractivity (Wildman–Crippen MR) is 89.1 cm³/mol. The number of rotatable bonds is 5. The quantitative estimate of drug-likeness (QED) is 0.820. The van der Waals surface area contributed by atoms with E-state index in [4.69, 9.17) is 0 Å². The van der Waals surface area contributed by atoms with Crippen LogP contribution >= 0.6 is 0 Å². The molecule has 4 nitrogen and oxygen atoms in total. The molecule has 3 atom stereocenters. The average molecular weight is 302 g/mol. The largest absolute Gasteiger partial charge is 0.325 e. The maximum Gasteiger partial charge on any atom is 0.241 e. The summed E-state index contributed by atoms with van der Waals surface area (Å²) in [5, 5.41) is 6.33. The van der Waals surface area contributed by atoms with Crippen molar-refractivity contribution in [2.75, 3.05) is 5.32 Å². The van der Waals surface area contributed by atoms with Gasteiger partial charge in [0, 0.05) is 17.3 Å². The van der Waals surface area contributed by atoms with Crippen LogP contribution in [0.15, 0.2) is 24.3 Å². The lowest BCUT2D eigenvalue weighted by Gasteiger charge is -2.31. The second kappa shape index (κ2) is 7.54. The zero-order valence-electron chi connectivity index (χ0n) is 13.7. The predicted octanol–water partition coefficient (Wildman–Crippen LogP) is 3.38. The summed E-state index contributed by atoms with van der Waals surface area (Å²) in [4.78, 5) is 23.7. The molecule has 0 spiro atoms. The van der Waals surface area contributed by atoms with Crippen molar-refractivity contribution in [3.8, 4) is 0 Å². The molecule has 1 aliphatic carbocycles. The zero-order chi connectivity index (χ0) is 16.1. The van der Waals surface area contributed by atoms with Crippen LogP contribution in [0.1, 0.15) is 56.8 Å². The van der Waals surface area contributed by atoms with Crippen LogP contribution in [-0.4, -0.2) is 23.8 Å². The SMILES string of the molecule is CC(=O)c1cccc(NC(=O)[C@H](C)N[C@@H]2CCCC[C@H]2C)c1. The standard InChI is InChI=1S/C18H26N2O2/c1-12-7-4-5-10-17(12)19-13(2)18(22)20-16-9-6-8-15(11-16)14(3)21/h6,8-9,11-13,17,19H,4-5,7,10H2,1-3H3,(H,20,22)/t12-,13+,17-/m1/s1. The number of hydrogen-bond donors (Lipinski definition) is 2. The van der Waals surface area contributed by atoms with Gasteiger partial charge in [-0.1, -0.05) is 31.9 Å². The molecule has 0 unspecified atom stereocenters. The molecule has 1 amide bonds. The molecule has 1 aliphatic rings. The van der Waals surface area contributed by atoms with E-state index in [2.05, 4.69) is 17.6 Å². The van der Waals surface area contributed by atoms with Gasteiger partial charge in [0.05, 0.1) is 6.04 Å². The van der Waals surface area contributed by atoms with Crippen molar-refractivity contribution in [1.82, 2.24) is 5.32 Å². The van der Waals surface area contributed by atoms with Crippen LogP contribution in [0.25, 0.3) is 0 Å². The van der Waals surface area contributed by atoms with Gasteiger partial charge < -0.3 is 10.6 Å². The van der Waals surface area contributed by atoms with Crippen molar-refractivity contribution in [2.24, 2.45) is 5.92 Å². The van der Waals surface area contributed by atoms with E-state index >= 15 is 0 Å². The number of amides is 1. The Hall–Kier alpha value is -1.68. The van der Waals surface area contributed by atoms with Gasteiger partial charge in [-0.15, -0.1) is 0 Å². The maximum atomic E-state index is 12.3. The molecule has 22 heavy (non-hydrogen) atoms. The molecule has 2 N–H and O–H groups in total. The van der Waals surface area contributed by atoms with Gasteiger partial charge in [-0.05, 0) is 44.7 Å². The van der Waals surface area contributed by atoms with Gasteiger partial charge in [-0.2, -0.15) is 0 Å². The number of carbonyl (C=O) groups is 2. The van der Waals surface area contributed by atoms with Gasteiger partial charge in [-0.3, -0.25) is 9.59 Å². The second-order valence-electron chi connectivity index (χ2n) is 6.38. The first kappa shape index (κ1) is 16.7. The lowest BCUT2D eigenvalue weighted by Crippen LogP contribution is -2.47. The fourth-order valence-corrected chi connectivity index (χ4v) is 3.03. The van der Waals surface area contributed by atoms with Crippen LogP contribution in [0.5, 0.6) is 0 Å². The van der Waals surface area contributed by atoms with E-state index in [-0.39, 0.29) is 17.7 Å². The molecule has 1 aromatic rings. The van der Waals surface area contributed by atoms with E-state index in [1.54, 1.807) is 24.3 Å². The third-order valence-electron chi connectivity index (χ3n) is 4.51. The Labute approximate surface area is 132 Å². The first-order valence-corrected chi connectivity index (χ1v) is 8.15. The van der Waals surface area contributed by atoms with Crippen LogP contribution in [0.4, 0.5) is 5.69 Å². The summed E-state index contributed by atoms with van der Waals surface area (Å²) in [6, 6.07) is 7.23. The maximum absolute atomic E-state index is 12.3. The summed E-state index contributed by atoms with van der Waals surface area (Å²) in [6.45, 7) is 5.67. The van der Waals surface area contributed by atoms with E-state index in [9.17, 15) is 9.59 Å². The number of hydrogen-bond acceptors (Lipinski definition) is 3. The smallest absolute Gasteiger partial charge is 0.241 e. The summed E-state index contributed by atoms with van der Waals surface area (Å²) in [5.74, 6) is 0.557. The van der Waals surface area contributed by atoms with Gasteiger partial charge in [0.25, 0.3) is 0 Å². The Bertz CT molecular complexity index is 542. The summed E-state index contributed by atoms with van der Waals surface area (Å²) in [6.07, 6.45) is 4.89. The normalized spacial score (nSPS) is 22.9. The number of Topliss-reactive ketones (excluding diaryl/α,β-unsaturated/α-hetero) is 1. The lowest BCUT2D eigenvalue weighted by atomic mass is 9.85. The van der Waals surface area contributed by atoms with Crippen LogP contribution in [0.2, 0.25) is 0 Å². The van der Waals surface area contributed by atoms with Crippen molar-refractivity contribution >= 4 is 17.4 Å². The second-order valence-corrected chi connectivity index (χ2v) is 6.38. The molecule has 120 valence electrons. The van der Waals surface area contributed by atoms with Gasteiger partial charge in [-0.25, -0.2) is 0 Å². The van der Waals surface area contributed by atoms with Gasteiger partial charge in [0.1, 0.15) is 0 Å². The molecule has 2 rings (SSSR count). The highest BCUT2D eigenvalue weighted by Crippen LogP contribution is 2.24. The molecule has 0 bridgehead atoms. The van der Waals surface area contributed by atoms with Crippen molar-refractivity contribution in [1.29, 1.82) is 0 Å². The molecule has 4 heteroatoms. The molecule has 0 aliphatic heterocycles. The summed E-state index contributed by atoms with van der Waals surface area (Å²) >= 11 is 0. The fourth-order valence-electron chi connectivity index (χ4n) is 3.03. The number of carbonyl (C=O) groups excluding carboxylic acids is 2. The molecule has 1 fully saturated rings. The highest BCUT2D eigenvalue weighted by atomic mass is 16.2. The minimum Gasteiger partial charge on any atom is -0.325 e. The summed E-state index contributed by atoms with van der Waals surface area (Å²) in [7, 11) is 0. The monoisotopic (exact) mass is 302 g/mol. The minimum atomic E-state index is -0.244. The Morgan fingerprint density at radius 2 is 1.95 bits per heavy atom. The third kappa shape index (κ3) is 4.41. The fraction of sp³-hybridized carbons (Fsp3) is 0.556. The average Bonchev–Trinajstić information content (AvgIpc) is 2.49. The van der Waals surface area contributed by atoms with Crippen LogP contribution < -0.4 is 10.6 Å². The molecule has 1 aromatic carbocycles. The van der Waals surface area contributed by atoms with Crippen LogP contribution in [0, 0.1) is 5.92 Å². The van der Waals surface area contributed by atoms with Gasteiger partial charge in [0.2, 0.25) is 5.91 Å². The van der Waals surface area contributed by atoms with Crippen molar-refractivity contribution in [3.05, 3.63) is 29.8 Å². The molecular formula is C18H26N2O2. The van der Waals surface area contributed by atoms with Crippen LogP contribution in [-0.2, 0) is 4.79 Å². The highest BCUT2D eigenvalue weighted by Gasteiger charge is 2.24. The minimum absolute atomic E-state index is 0.00157. The van der Waals surface area contributed by atoms with Gasteiger partial charge >= 0.3 is 0 Å². The molecular weight excluding hydrogens is 276 g/mol. The van der Waals surface area contributed by atoms with E-state index in [1.807, 2.05) is 6.92 Å². The van der Waals surface area contributed by atoms with E-state index < -0.39 is 0 Å². The topological polar surface area (TPSA) is 58.2 Å². The Morgan fingerprint density at radius 1 is 1.23 bits per heavy atom. The Morgan fingerprint density at radius 3 is 2.64 bits per heavy atom. The Balaban J connectivity index is 1.93. The van der Waals surface area contributed by atoms with Crippen molar-refractivity contribution < 1.29 is 9.59 Å². The zero-order valence-corrected chi connectivity index (χ0v) is 13.7. The van der Waals surface area contributed by atoms with Gasteiger partial charge in [0.15, 0.2) is 5.78 Å². The molecule has 1 saturated carbocycles. The highest BCUT2D eigenvalue weighted by molar-refractivity contribution is 5.98. The van der Waals surface area contributed by atoms with Crippen molar-refractivity contribution in [2.45, 2.75) is 58.5 Å². The number of benzene rings is 1. The summed E-state index contributed by atoms with van der Waals surface area (Å²) < 4.78 is 0. The van der Waals surface area contributed by atoms with E-state index in [0.717, 1.165) is 6.42 Å². The molecule has 0 aromatic heterocycles. The number of ketones is 1. The number of nitrogens with one attached hydrogen (secondary N) is 2. The summed E-state index contributed by atoms with van der Waals surface area (Å²) in [5.41, 5.74) is 1.28. The lowest BCUT2D eigenvalue weighted by molar-refractivity contribution is -0.118. The van der Waals surface area contributed by atoms with Crippen LogP contribution in [0.3, 0.4) is 0 Å². The Kier molecular flexibility index (Phi) is 5.72. The third-order valence-corrected chi connectivity index (χ3v) is 4.51. The molecule has 0 heterocycles. The van der Waals surface area contributed by atoms with E-state index in [1.165, 1.54) is 26.2 Å². The molecule has 0 radical (unpaired) electrons.